The van der Waals surface area contributed by atoms with E-state index in [1.807, 2.05) is 12.1 Å². The molecule has 4 nitrogen and oxygen atoms in total. The summed E-state index contributed by atoms with van der Waals surface area (Å²) in [6, 6.07) is 8.31. The maximum atomic E-state index is 12.1. The Kier molecular flexibility index (Phi) is 6.05. The third-order valence-corrected chi connectivity index (χ3v) is 4.04. The van der Waals surface area contributed by atoms with E-state index in [9.17, 15) is 4.79 Å². The molecule has 2 atom stereocenters. The molecule has 2 N–H and O–H groups in total. The molecule has 1 aromatic rings. The van der Waals surface area contributed by atoms with Crippen LogP contribution in [-0.2, 0) is 11.2 Å². The van der Waals surface area contributed by atoms with Crippen LogP contribution in [0.15, 0.2) is 24.3 Å². The number of hydrogen-bond donors (Lipinski definition) is 2. The van der Waals surface area contributed by atoms with Gasteiger partial charge < -0.3 is 15.4 Å². The highest BCUT2D eigenvalue weighted by atomic mass is 16.5. The standard InChI is InChI=1S/C17H26N2O2/c1-13(19-17(20)16-5-3-4-12-18-16)6-7-14-8-10-15(21-2)11-9-14/h8-11,13,16,18H,3-7,12H2,1-2H3,(H,19,20). The summed E-state index contributed by atoms with van der Waals surface area (Å²) in [6.45, 7) is 3.03. The minimum absolute atomic E-state index is 0.00202. The van der Waals surface area contributed by atoms with Crippen molar-refractivity contribution < 1.29 is 9.53 Å². The van der Waals surface area contributed by atoms with Gasteiger partial charge in [0.05, 0.1) is 13.2 Å². The number of hydrogen-bond acceptors (Lipinski definition) is 3. The Labute approximate surface area is 127 Å². The Morgan fingerprint density at radius 3 is 2.76 bits per heavy atom. The fourth-order valence-corrected chi connectivity index (χ4v) is 2.67. The normalized spacial score (nSPS) is 19.8. The summed E-state index contributed by atoms with van der Waals surface area (Å²) in [5.41, 5.74) is 1.27. The highest BCUT2D eigenvalue weighted by Gasteiger charge is 2.21. The lowest BCUT2D eigenvalue weighted by Gasteiger charge is -2.24. The van der Waals surface area contributed by atoms with Crippen molar-refractivity contribution in [1.29, 1.82) is 0 Å². The van der Waals surface area contributed by atoms with Gasteiger partial charge in [-0.3, -0.25) is 4.79 Å². The van der Waals surface area contributed by atoms with Gasteiger partial charge in [0.2, 0.25) is 5.91 Å². The third-order valence-electron chi connectivity index (χ3n) is 4.04. The van der Waals surface area contributed by atoms with Gasteiger partial charge in [0, 0.05) is 6.04 Å². The monoisotopic (exact) mass is 290 g/mol. The zero-order valence-corrected chi connectivity index (χ0v) is 13.0. The largest absolute Gasteiger partial charge is 0.497 e. The molecular formula is C17H26N2O2. The van der Waals surface area contributed by atoms with Crippen LogP contribution in [-0.4, -0.2) is 31.6 Å². The molecule has 1 saturated heterocycles. The first-order chi connectivity index (χ1) is 10.2. The minimum Gasteiger partial charge on any atom is -0.497 e. The molecule has 2 unspecified atom stereocenters. The second kappa shape index (κ2) is 8.03. The summed E-state index contributed by atoms with van der Waals surface area (Å²) in [5.74, 6) is 1.03. The van der Waals surface area contributed by atoms with Gasteiger partial charge in [-0.25, -0.2) is 0 Å². The molecule has 0 spiro atoms. The number of carbonyl (C=O) groups is 1. The number of amides is 1. The minimum atomic E-state index is 0.00202. The van der Waals surface area contributed by atoms with Crippen LogP contribution in [0.1, 0.15) is 38.2 Å². The number of methoxy groups -OCH3 is 1. The van der Waals surface area contributed by atoms with Gasteiger partial charge in [-0.15, -0.1) is 0 Å². The maximum Gasteiger partial charge on any atom is 0.237 e. The van der Waals surface area contributed by atoms with Crippen LogP contribution < -0.4 is 15.4 Å². The predicted octanol–water partition coefficient (Wildman–Crippen LogP) is 2.27. The average Bonchev–Trinajstić information content (AvgIpc) is 2.54. The topological polar surface area (TPSA) is 50.4 Å². The van der Waals surface area contributed by atoms with Crippen molar-refractivity contribution in [2.45, 2.75) is 51.1 Å². The lowest BCUT2D eigenvalue weighted by atomic mass is 10.0. The van der Waals surface area contributed by atoms with Gasteiger partial charge in [0.15, 0.2) is 0 Å². The molecule has 21 heavy (non-hydrogen) atoms. The number of benzene rings is 1. The molecule has 0 saturated carbocycles. The van der Waals surface area contributed by atoms with Gasteiger partial charge in [0.1, 0.15) is 5.75 Å². The van der Waals surface area contributed by atoms with Crippen molar-refractivity contribution in [2.75, 3.05) is 13.7 Å². The lowest BCUT2D eigenvalue weighted by molar-refractivity contribution is -0.124. The van der Waals surface area contributed by atoms with Gasteiger partial charge in [0.25, 0.3) is 0 Å². The van der Waals surface area contributed by atoms with Crippen LogP contribution in [0, 0.1) is 0 Å². The van der Waals surface area contributed by atoms with Gasteiger partial charge in [-0.05, 0) is 56.8 Å². The van der Waals surface area contributed by atoms with Crippen molar-refractivity contribution in [3.8, 4) is 5.75 Å². The van der Waals surface area contributed by atoms with E-state index in [4.69, 9.17) is 4.74 Å². The summed E-state index contributed by atoms with van der Waals surface area (Å²) in [6.07, 6.45) is 5.19. The third kappa shape index (κ3) is 5.05. The molecule has 1 aliphatic heterocycles. The molecule has 1 aliphatic rings. The van der Waals surface area contributed by atoms with E-state index < -0.39 is 0 Å². The summed E-state index contributed by atoms with van der Waals surface area (Å²) >= 11 is 0. The number of carbonyl (C=O) groups excluding carboxylic acids is 1. The highest BCUT2D eigenvalue weighted by molar-refractivity contribution is 5.82. The van der Waals surface area contributed by atoms with E-state index in [0.29, 0.717) is 0 Å². The second-order valence-electron chi connectivity index (χ2n) is 5.80. The fourth-order valence-electron chi connectivity index (χ4n) is 2.67. The molecule has 1 aromatic carbocycles. The Morgan fingerprint density at radius 1 is 1.38 bits per heavy atom. The number of ether oxygens (including phenoxy) is 1. The van der Waals surface area contributed by atoms with Crippen molar-refractivity contribution in [3.05, 3.63) is 29.8 Å². The van der Waals surface area contributed by atoms with Crippen LogP contribution in [0.4, 0.5) is 0 Å². The first kappa shape index (κ1) is 15.8. The Balaban J connectivity index is 1.73. The molecule has 1 amide bonds. The lowest BCUT2D eigenvalue weighted by Crippen LogP contribution is -2.49. The average molecular weight is 290 g/mol. The smallest absolute Gasteiger partial charge is 0.237 e. The van der Waals surface area contributed by atoms with E-state index in [1.54, 1.807) is 7.11 Å². The molecule has 0 radical (unpaired) electrons. The Bertz CT molecular complexity index is 439. The van der Waals surface area contributed by atoms with Crippen molar-refractivity contribution in [3.63, 3.8) is 0 Å². The SMILES string of the molecule is COc1ccc(CCC(C)NC(=O)C2CCCCN2)cc1. The zero-order chi connectivity index (χ0) is 15.1. The second-order valence-corrected chi connectivity index (χ2v) is 5.80. The van der Waals surface area contributed by atoms with Gasteiger partial charge in [-0.1, -0.05) is 18.6 Å². The van der Waals surface area contributed by atoms with Crippen molar-refractivity contribution in [1.82, 2.24) is 10.6 Å². The van der Waals surface area contributed by atoms with Gasteiger partial charge in [-0.2, -0.15) is 0 Å². The van der Waals surface area contributed by atoms with E-state index in [0.717, 1.165) is 38.0 Å². The maximum absolute atomic E-state index is 12.1. The van der Waals surface area contributed by atoms with Crippen molar-refractivity contribution in [2.24, 2.45) is 0 Å². The number of aryl methyl sites for hydroxylation is 1. The molecule has 2 rings (SSSR count). The molecule has 0 aliphatic carbocycles. The summed E-state index contributed by atoms with van der Waals surface area (Å²) in [5, 5.41) is 6.40. The summed E-state index contributed by atoms with van der Waals surface area (Å²) in [4.78, 5) is 12.1. The first-order valence-corrected chi connectivity index (χ1v) is 7.85. The van der Waals surface area contributed by atoms with Crippen LogP contribution in [0.5, 0.6) is 5.75 Å². The molecule has 0 aromatic heterocycles. The van der Waals surface area contributed by atoms with E-state index >= 15 is 0 Å². The molecule has 1 heterocycles. The van der Waals surface area contributed by atoms with Crippen LogP contribution >= 0.6 is 0 Å². The molecule has 4 heteroatoms. The van der Waals surface area contributed by atoms with E-state index in [1.165, 1.54) is 12.0 Å². The summed E-state index contributed by atoms with van der Waals surface area (Å²) < 4.78 is 5.15. The number of nitrogens with one attached hydrogen (secondary N) is 2. The highest BCUT2D eigenvalue weighted by Crippen LogP contribution is 2.13. The quantitative estimate of drug-likeness (QED) is 0.845. The fraction of sp³-hybridized carbons (Fsp3) is 0.588. The van der Waals surface area contributed by atoms with E-state index in [2.05, 4.69) is 29.7 Å². The number of piperidine rings is 1. The molecule has 1 fully saturated rings. The molecule has 0 bridgehead atoms. The van der Waals surface area contributed by atoms with E-state index in [-0.39, 0.29) is 18.0 Å². The molecular weight excluding hydrogens is 264 g/mol. The first-order valence-electron chi connectivity index (χ1n) is 7.85. The van der Waals surface area contributed by atoms with Crippen LogP contribution in [0.3, 0.4) is 0 Å². The van der Waals surface area contributed by atoms with Crippen molar-refractivity contribution >= 4 is 5.91 Å². The summed E-state index contributed by atoms with van der Waals surface area (Å²) in [7, 11) is 1.67. The van der Waals surface area contributed by atoms with Gasteiger partial charge >= 0.3 is 0 Å². The van der Waals surface area contributed by atoms with Crippen LogP contribution in [0.2, 0.25) is 0 Å². The zero-order valence-electron chi connectivity index (χ0n) is 13.0. The number of rotatable bonds is 6. The Morgan fingerprint density at radius 2 is 2.14 bits per heavy atom. The van der Waals surface area contributed by atoms with Crippen LogP contribution in [0.25, 0.3) is 0 Å². The molecule has 116 valence electrons. The predicted molar refractivity (Wildman–Crippen MR) is 84.6 cm³/mol. The Hall–Kier alpha value is -1.55.